The molecule has 0 saturated carbocycles. The van der Waals surface area contributed by atoms with Gasteiger partial charge in [0.15, 0.2) is 0 Å². The van der Waals surface area contributed by atoms with E-state index in [-0.39, 0.29) is 16.9 Å². The van der Waals surface area contributed by atoms with Crippen molar-refractivity contribution in [1.82, 2.24) is 10.2 Å². The first-order valence-corrected chi connectivity index (χ1v) is 6.92. The van der Waals surface area contributed by atoms with Gasteiger partial charge in [-0.3, -0.25) is 4.90 Å². The van der Waals surface area contributed by atoms with Crippen LogP contribution in [-0.2, 0) is 0 Å². The number of rotatable bonds is 5. The number of nitrogens with zero attached hydrogens (tertiary/aromatic N) is 1. The van der Waals surface area contributed by atoms with Crippen LogP contribution in [0, 0.1) is 5.82 Å². The average molecular weight is 271 g/mol. The van der Waals surface area contributed by atoms with E-state index in [2.05, 4.69) is 24.1 Å². The first kappa shape index (κ1) is 13.8. The van der Waals surface area contributed by atoms with E-state index in [0.717, 1.165) is 31.6 Å². The topological polar surface area (TPSA) is 15.3 Å². The van der Waals surface area contributed by atoms with E-state index in [9.17, 15) is 4.39 Å². The Labute approximate surface area is 113 Å². The Morgan fingerprint density at radius 3 is 2.72 bits per heavy atom. The highest BCUT2D eigenvalue weighted by Gasteiger charge is 2.28. The zero-order valence-corrected chi connectivity index (χ0v) is 11.7. The molecule has 0 aliphatic carbocycles. The predicted molar refractivity (Wildman–Crippen MR) is 73.5 cm³/mol. The molecule has 1 saturated heterocycles. The van der Waals surface area contributed by atoms with Crippen molar-refractivity contribution in [2.45, 2.75) is 32.4 Å². The highest BCUT2D eigenvalue weighted by atomic mass is 35.5. The Bertz CT molecular complexity index is 407. The van der Waals surface area contributed by atoms with E-state index < -0.39 is 0 Å². The number of hydrogen-bond donors (Lipinski definition) is 1. The quantitative estimate of drug-likeness (QED) is 0.884. The second-order valence-electron chi connectivity index (χ2n) is 4.90. The monoisotopic (exact) mass is 270 g/mol. The molecule has 1 fully saturated rings. The van der Waals surface area contributed by atoms with Crippen molar-refractivity contribution < 1.29 is 4.39 Å². The van der Waals surface area contributed by atoms with E-state index in [1.54, 1.807) is 6.07 Å². The summed E-state index contributed by atoms with van der Waals surface area (Å²) in [5, 5.41) is 3.51. The van der Waals surface area contributed by atoms with Crippen LogP contribution in [0.2, 0.25) is 5.02 Å². The van der Waals surface area contributed by atoms with Crippen LogP contribution in [0.3, 0.4) is 0 Å². The van der Waals surface area contributed by atoms with Crippen LogP contribution >= 0.6 is 11.6 Å². The fourth-order valence-electron chi connectivity index (χ4n) is 2.42. The second kappa shape index (κ2) is 6.00. The maximum Gasteiger partial charge on any atom is 0.141 e. The van der Waals surface area contributed by atoms with Gasteiger partial charge < -0.3 is 5.32 Å². The molecule has 0 bridgehead atoms. The van der Waals surface area contributed by atoms with Gasteiger partial charge in [0.05, 0.1) is 5.02 Å². The molecular formula is C14H20ClFN2. The minimum atomic E-state index is -0.347. The van der Waals surface area contributed by atoms with E-state index in [1.165, 1.54) is 6.07 Å². The minimum absolute atomic E-state index is 0.211. The fourth-order valence-corrected chi connectivity index (χ4v) is 2.61. The fraction of sp³-hybridized carbons (Fsp3) is 0.571. The Morgan fingerprint density at radius 2 is 2.22 bits per heavy atom. The molecule has 1 heterocycles. The molecule has 0 spiro atoms. The molecule has 2 nitrogen and oxygen atoms in total. The molecule has 100 valence electrons. The molecule has 0 aromatic heterocycles. The largest absolute Gasteiger partial charge is 0.314 e. The molecule has 1 aromatic rings. The minimum Gasteiger partial charge on any atom is -0.314 e. The summed E-state index contributed by atoms with van der Waals surface area (Å²) >= 11 is 5.86. The lowest BCUT2D eigenvalue weighted by atomic mass is 10.0. The Kier molecular flexibility index (Phi) is 4.60. The van der Waals surface area contributed by atoms with E-state index >= 15 is 0 Å². The summed E-state index contributed by atoms with van der Waals surface area (Å²) in [6.07, 6.45) is 1.12. The van der Waals surface area contributed by atoms with Crippen molar-refractivity contribution >= 4 is 11.6 Å². The average Bonchev–Trinajstić information content (AvgIpc) is 2.29. The number of nitrogens with one attached hydrogen (secondary N) is 1. The molecule has 1 atom stereocenters. The van der Waals surface area contributed by atoms with Crippen LogP contribution in [-0.4, -0.2) is 30.6 Å². The van der Waals surface area contributed by atoms with Gasteiger partial charge in [0.1, 0.15) is 5.82 Å². The maximum absolute atomic E-state index is 13.2. The summed E-state index contributed by atoms with van der Waals surface area (Å²) in [6, 6.07) is 5.90. The highest BCUT2D eigenvalue weighted by molar-refractivity contribution is 6.30. The number of halogens is 2. The first-order valence-electron chi connectivity index (χ1n) is 6.55. The Morgan fingerprint density at radius 1 is 1.50 bits per heavy atom. The number of benzene rings is 1. The summed E-state index contributed by atoms with van der Waals surface area (Å²) < 4.78 is 13.2. The van der Waals surface area contributed by atoms with Gasteiger partial charge in [-0.1, -0.05) is 24.6 Å². The molecule has 18 heavy (non-hydrogen) atoms. The molecule has 4 heteroatoms. The highest BCUT2D eigenvalue weighted by Crippen LogP contribution is 2.27. The van der Waals surface area contributed by atoms with Gasteiger partial charge in [0, 0.05) is 25.2 Å². The summed E-state index contributed by atoms with van der Waals surface area (Å²) in [6.45, 7) is 7.49. The SMILES string of the molecule is CCCN(C1CNC1)C(C)c1ccc(F)c(Cl)c1. The van der Waals surface area contributed by atoms with Gasteiger partial charge in [-0.15, -0.1) is 0 Å². The van der Waals surface area contributed by atoms with Crippen LogP contribution in [0.4, 0.5) is 4.39 Å². The van der Waals surface area contributed by atoms with Gasteiger partial charge in [0.2, 0.25) is 0 Å². The van der Waals surface area contributed by atoms with Crippen LogP contribution in [0.1, 0.15) is 31.9 Å². The van der Waals surface area contributed by atoms with Crippen molar-refractivity contribution in [2.24, 2.45) is 0 Å². The molecule has 1 aromatic carbocycles. The van der Waals surface area contributed by atoms with Crippen molar-refractivity contribution in [2.75, 3.05) is 19.6 Å². The van der Waals surface area contributed by atoms with Crippen molar-refractivity contribution in [3.8, 4) is 0 Å². The van der Waals surface area contributed by atoms with Crippen LogP contribution in [0.25, 0.3) is 0 Å². The third kappa shape index (κ3) is 2.85. The summed E-state index contributed by atoms with van der Waals surface area (Å²) in [7, 11) is 0. The van der Waals surface area contributed by atoms with E-state index in [1.807, 2.05) is 6.07 Å². The molecular weight excluding hydrogens is 251 g/mol. The van der Waals surface area contributed by atoms with Crippen molar-refractivity contribution in [1.29, 1.82) is 0 Å². The Hall–Kier alpha value is -0.640. The summed E-state index contributed by atoms with van der Waals surface area (Å²) in [4.78, 5) is 2.47. The lowest BCUT2D eigenvalue weighted by Gasteiger charge is -2.42. The Balaban J connectivity index is 2.15. The van der Waals surface area contributed by atoms with Gasteiger partial charge in [-0.25, -0.2) is 4.39 Å². The van der Waals surface area contributed by atoms with Crippen LogP contribution in [0.15, 0.2) is 18.2 Å². The third-order valence-corrected chi connectivity index (χ3v) is 3.92. The standard InChI is InChI=1S/C14H20ClFN2/c1-3-6-18(12-8-17-9-12)10(2)11-4-5-14(16)13(15)7-11/h4-5,7,10,12,17H,3,6,8-9H2,1-2H3. The van der Waals surface area contributed by atoms with E-state index in [0.29, 0.717) is 6.04 Å². The maximum atomic E-state index is 13.2. The second-order valence-corrected chi connectivity index (χ2v) is 5.31. The molecule has 0 radical (unpaired) electrons. The molecule has 0 amide bonds. The van der Waals surface area contributed by atoms with Crippen LogP contribution < -0.4 is 5.32 Å². The lowest BCUT2D eigenvalue weighted by Crippen LogP contribution is -2.57. The third-order valence-electron chi connectivity index (χ3n) is 3.63. The van der Waals surface area contributed by atoms with Crippen molar-refractivity contribution in [3.63, 3.8) is 0 Å². The van der Waals surface area contributed by atoms with Crippen molar-refractivity contribution in [3.05, 3.63) is 34.6 Å². The van der Waals surface area contributed by atoms with E-state index in [4.69, 9.17) is 11.6 Å². The molecule has 1 aliphatic heterocycles. The van der Waals surface area contributed by atoms with Gasteiger partial charge in [-0.05, 0) is 37.6 Å². The molecule has 1 aliphatic rings. The predicted octanol–water partition coefficient (Wildman–Crippen LogP) is 3.22. The van der Waals surface area contributed by atoms with Gasteiger partial charge in [-0.2, -0.15) is 0 Å². The summed E-state index contributed by atoms with van der Waals surface area (Å²) in [5.41, 5.74) is 1.08. The van der Waals surface area contributed by atoms with Crippen LogP contribution in [0.5, 0.6) is 0 Å². The normalized spacial score (nSPS) is 17.8. The zero-order valence-electron chi connectivity index (χ0n) is 10.9. The van der Waals surface area contributed by atoms with Gasteiger partial charge in [0.25, 0.3) is 0 Å². The smallest absolute Gasteiger partial charge is 0.141 e. The molecule has 2 rings (SSSR count). The molecule has 1 N–H and O–H groups in total. The summed E-state index contributed by atoms with van der Waals surface area (Å²) in [5.74, 6) is -0.347. The van der Waals surface area contributed by atoms with Gasteiger partial charge >= 0.3 is 0 Å². The molecule has 1 unspecified atom stereocenters. The zero-order chi connectivity index (χ0) is 13.1. The first-order chi connectivity index (χ1) is 8.63. The number of hydrogen-bond acceptors (Lipinski definition) is 2. The lowest BCUT2D eigenvalue weighted by molar-refractivity contribution is 0.103.